The number of morpholine rings is 1. The smallest absolute Gasteiger partial charge is 0.112 e. The van der Waals surface area contributed by atoms with Gasteiger partial charge in [0.15, 0.2) is 0 Å². The van der Waals surface area contributed by atoms with E-state index in [9.17, 15) is 0 Å². The largest absolute Gasteiger partial charge is 0.378 e. The first-order chi connectivity index (χ1) is 8.83. The van der Waals surface area contributed by atoms with E-state index in [1.165, 1.54) is 16.5 Å². The van der Waals surface area contributed by atoms with Crippen molar-refractivity contribution in [2.24, 2.45) is 0 Å². The minimum atomic E-state index is 0.797. The first-order valence-electron chi connectivity index (χ1n) is 5.73. The van der Waals surface area contributed by atoms with E-state index < -0.39 is 0 Å². The Labute approximate surface area is 118 Å². The third kappa shape index (κ3) is 2.55. The van der Waals surface area contributed by atoms with Crippen LogP contribution in [-0.4, -0.2) is 35.7 Å². The van der Waals surface area contributed by atoms with Gasteiger partial charge in [0.2, 0.25) is 0 Å². The van der Waals surface area contributed by atoms with Crippen LogP contribution in [0, 0.1) is 0 Å². The van der Waals surface area contributed by atoms with Gasteiger partial charge >= 0.3 is 0 Å². The zero-order valence-corrected chi connectivity index (χ0v) is 12.1. The summed E-state index contributed by atoms with van der Waals surface area (Å²) >= 11 is 4.96. The fraction of sp³-hybridized carbons (Fsp3) is 0.333. The second kappa shape index (κ2) is 5.34. The van der Waals surface area contributed by atoms with Gasteiger partial charge in [-0.3, -0.25) is 4.98 Å². The maximum Gasteiger partial charge on any atom is 0.112 e. The summed E-state index contributed by atoms with van der Waals surface area (Å²) in [5, 5.41) is 1.20. The molecule has 0 aromatic carbocycles. The van der Waals surface area contributed by atoms with Crippen LogP contribution in [0.3, 0.4) is 0 Å². The molecule has 18 heavy (non-hydrogen) atoms. The molecule has 1 fully saturated rings. The molecule has 0 N–H and O–H groups in total. The number of pyridine rings is 1. The summed E-state index contributed by atoms with van der Waals surface area (Å²) in [6, 6.07) is 4.16. The van der Waals surface area contributed by atoms with Gasteiger partial charge in [0.25, 0.3) is 0 Å². The van der Waals surface area contributed by atoms with E-state index in [2.05, 4.69) is 36.3 Å². The number of halogens is 1. The first-order valence-corrected chi connectivity index (χ1v) is 7.30. The lowest BCUT2D eigenvalue weighted by molar-refractivity contribution is 0.123. The highest BCUT2D eigenvalue weighted by atomic mass is 79.9. The van der Waals surface area contributed by atoms with E-state index in [0.717, 1.165) is 42.0 Å². The third-order valence-electron chi connectivity index (χ3n) is 2.82. The molecule has 0 atom stereocenters. The number of aromatic nitrogens is 2. The van der Waals surface area contributed by atoms with Crippen LogP contribution in [0.25, 0.3) is 11.3 Å². The number of ether oxygens (including phenoxy) is 1. The topological polar surface area (TPSA) is 38.2 Å². The Morgan fingerprint density at radius 2 is 2.06 bits per heavy atom. The molecule has 6 heteroatoms. The average molecular weight is 326 g/mol. The Balaban J connectivity index is 1.84. The van der Waals surface area contributed by atoms with Crippen LogP contribution in [0.1, 0.15) is 0 Å². The van der Waals surface area contributed by atoms with Crippen molar-refractivity contribution < 1.29 is 4.74 Å². The standard InChI is InChI=1S/C12H12BrN3OS/c13-10-5-9(7-14-8-10)11-6-12(18-15-11)16-1-3-17-4-2-16/h5-8H,1-4H2. The van der Waals surface area contributed by atoms with Gasteiger partial charge in [-0.05, 0) is 33.5 Å². The van der Waals surface area contributed by atoms with E-state index in [0.29, 0.717) is 0 Å². The molecule has 0 aliphatic carbocycles. The predicted octanol–water partition coefficient (Wildman–Crippen LogP) is 2.80. The van der Waals surface area contributed by atoms with Crippen molar-refractivity contribution in [1.82, 2.24) is 9.36 Å². The zero-order valence-electron chi connectivity index (χ0n) is 9.67. The number of hydrogen-bond acceptors (Lipinski definition) is 5. The highest BCUT2D eigenvalue weighted by molar-refractivity contribution is 9.10. The second-order valence-corrected chi connectivity index (χ2v) is 5.74. The summed E-state index contributed by atoms with van der Waals surface area (Å²) in [5.74, 6) is 0. The molecular weight excluding hydrogens is 314 g/mol. The van der Waals surface area contributed by atoms with Gasteiger partial charge in [-0.15, -0.1) is 0 Å². The molecule has 2 aromatic rings. The van der Waals surface area contributed by atoms with Crippen LogP contribution in [0.15, 0.2) is 29.0 Å². The molecule has 0 spiro atoms. The van der Waals surface area contributed by atoms with E-state index in [1.54, 1.807) is 6.20 Å². The molecule has 4 nitrogen and oxygen atoms in total. The number of hydrogen-bond donors (Lipinski definition) is 0. The maximum absolute atomic E-state index is 5.35. The van der Waals surface area contributed by atoms with Crippen LogP contribution >= 0.6 is 27.5 Å². The molecule has 3 rings (SSSR count). The maximum atomic E-state index is 5.35. The quantitative estimate of drug-likeness (QED) is 0.851. The van der Waals surface area contributed by atoms with Crippen LogP contribution < -0.4 is 4.90 Å². The Morgan fingerprint density at radius 3 is 2.83 bits per heavy atom. The highest BCUT2D eigenvalue weighted by Crippen LogP contribution is 2.29. The van der Waals surface area contributed by atoms with Crippen LogP contribution in [0.4, 0.5) is 5.00 Å². The number of nitrogens with zero attached hydrogens (tertiary/aromatic N) is 3. The Morgan fingerprint density at radius 1 is 1.22 bits per heavy atom. The van der Waals surface area contributed by atoms with Crippen molar-refractivity contribution >= 4 is 32.5 Å². The van der Waals surface area contributed by atoms with Crippen molar-refractivity contribution in [1.29, 1.82) is 0 Å². The SMILES string of the molecule is Brc1cncc(-c2cc(N3CCOCC3)sn2)c1. The van der Waals surface area contributed by atoms with Gasteiger partial charge in [0, 0.05) is 41.6 Å². The van der Waals surface area contributed by atoms with E-state index in [1.807, 2.05) is 12.3 Å². The van der Waals surface area contributed by atoms with Gasteiger partial charge in [-0.2, -0.15) is 4.37 Å². The fourth-order valence-electron chi connectivity index (χ4n) is 1.89. The van der Waals surface area contributed by atoms with Gasteiger partial charge in [-0.1, -0.05) is 0 Å². The lowest BCUT2D eigenvalue weighted by Crippen LogP contribution is -2.35. The molecule has 0 bridgehead atoms. The van der Waals surface area contributed by atoms with Gasteiger partial charge in [0.05, 0.1) is 18.9 Å². The summed E-state index contributed by atoms with van der Waals surface area (Å²) in [5.41, 5.74) is 2.02. The summed E-state index contributed by atoms with van der Waals surface area (Å²) < 4.78 is 10.8. The molecule has 3 heterocycles. The van der Waals surface area contributed by atoms with Crippen LogP contribution in [0.5, 0.6) is 0 Å². The molecule has 0 radical (unpaired) electrons. The number of anilines is 1. The summed E-state index contributed by atoms with van der Waals surface area (Å²) in [7, 11) is 0. The fourth-order valence-corrected chi connectivity index (χ4v) is 3.06. The van der Waals surface area contributed by atoms with E-state index in [-0.39, 0.29) is 0 Å². The molecular formula is C12H12BrN3OS. The summed E-state index contributed by atoms with van der Waals surface area (Å²) in [4.78, 5) is 6.48. The normalized spacial score (nSPS) is 15.9. The third-order valence-corrected chi connectivity index (χ3v) is 4.11. The van der Waals surface area contributed by atoms with Gasteiger partial charge < -0.3 is 9.64 Å². The lowest BCUT2D eigenvalue weighted by atomic mass is 10.2. The monoisotopic (exact) mass is 325 g/mol. The molecule has 0 amide bonds. The molecule has 94 valence electrons. The lowest BCUT2D eigenvalue weighted by Gasteiger charge is -2.26. The van der Waals surface area contributed by atoms with Gasteiger partial charge in [0.1, 0.15) is 5.00 Å². The Kier molecular flexibility index (Phi) is 3.58. The first kappa shape index (κ1) is 12.1. The molecule has 2 aromatic heterocycles. The molecule has 1 aliphatic heterocycles. The van der Waals surface area contributed by atoms with Gasteiger partial charge in [-0.25, -0.2) is 0 Å². The van der Waals surface area contributed by atoms with Crippen molar-refractivity contribution in [2.45, 2.75) is 0 Å². The summed E-state index contributed by atoms with van der Waals surface area (Å²) in [6.07, 6.45) is 3.61. The van der Waals surface area contributed by atoms with Crippen molar-refractivity contribution in [3.8, 4) is 11.3 Å². The second-order valence-electron chi connectivity index (χ2n) is 4.04. The Hall–Kier alpha value is -0.980. The van der Waals surface area contributed by atoms with Crippen molar-refractivity contribution in [2.75, 3.05) is 31.2 Å². The van der Waals surface area contributed by atoms with Crippen LogP contribution in [-0.2, 0) is 4.74 Å². The predicted molar refractivity (Wildman–Crippen MR) is 76.1 cm³/mol. The Bertz CT molecular complexity index is 540. The zero-order chi connectivity index (χ0) is 12.4. The van der Waals surface area contributed by atoms with Crippen molar-refractivity contribution in [3.63, 3.8) is 0 Å². The molecule has 0 unspecified atom stereocenters. The van der Waals surface area contributed by atoms with E-state index in [4.69, 9.17) is 4.74 Å². The molecule has 0 saturated carbocycles. The average Bonchev–Trinajstić information content (AvgIpc) is 2.89. The number of rotatable bonds is 2. The minimum absolute atomic E-state index is 0.797. The van der Waals surface area contributed by atoms with Crippen LogP contribution in [0.2, 0.25) is 0 Å². The molecule has 1 aliphatic rings. The van der Waals surface area contributed by atoms with Crippen molar-refractivity contribution in [3.05, 3.63) is 29.0 Å². The minimum Gasteiger partial charge on any atom is -0.378 e. The summed E-state index contributed by atoms with van der Waals surface area (Å²) in [6.45, 7) is 3.48. The highest BCUT2D eigenvalue weighted by Gasteiger charge is 2.14. The van der Waals surface area contributed by atoms with E-state index >= 15 is 0 Å². The molecule has 1 saturated heterocycles.